The number of hydrogen-bond donors (Lipinski definition) is 2. The van der Waals surface area contributed by atoms with Crippen molar-refractivity contribution in [2.75, 3.05) is 5.73 Å². The minimum atomic E-state index is 0.273. The zero-order chi connectivity index (χ0) is 13.9. The number of nitrogen functional groups attached to an aromatic ring is 1. The van der Waals surface area contributed by atoms with Crippen molar-refractivity contribution < 1.29 is 5.11 Å². The third-order valence-corrected chi connectivity index (χ3v) is 3.32. The molecular weight excluding hydrogens is 246 g/mol. The number of rotatable bonds is 2. The molecule has 3 N–H and O–H groups in total. The molecule has 0 aliphatic rings. The van der Waals surface area contributed by atoms with E-state index in [0.717, 1.165) is 22.3 Å². The Hall–Kier alpha value is -2.74. The number of phenolic OH excluding ortho intramolecular Hbond substituents is 1. The van der Waals surface area contributed by atoms with Gasteiger partial charge >= 0.3 is 0 Å². The average Bonchev–Trinajstić information content (AvgIpc) is 2.49. The standard InChI is InChI=1S/C18H15NO/c19-14-10-11-15(16-8-4-5-9-18(16)20)17(12-14)13-6-2-1-3-7-13/h1-12,20H,19H2. The molecule has 0 atom stereocenters. The zero-order valence-corrected chi connectivity index (χ0v) is 11.0. The van der Waals surface area contributed by atoms with Crippen LogP contribution in [0, 0.1) is 0 Å². The zero-order valence-electron chi connectivity index (χ0n) is 11.0. The number of phenols is 1. The van der Waals surface area contributed by atoms with Crippen LogP contribution >= 0.6 is 0 Å². The molecule has 0 amide bonds. The minimum Gasteiger partial charge on any atom is -0.507 e. The highest BCUT2D eigenvalue weighted by molar-refractivity contribution is 5.87. The first-order chi connectivity index (χ1) is 9.75. The van der Waals surface area contributed by atoms with E-state index in [-0.39, 0.29) is 5.75 Å². The third kappa shape index (κ3) is 2.24. The Kier molecular flexibility index (Phi) is 3.13. The van der Waals surface area contributed by atoms with Gasteiger partial charge in [-0.15, -0.1) is 0 Å². The maximum atomic E-state index is 10.1. The molecule has 98 valence electrons. The van der Waals surface area contributed by atoms with Crippen LogP contribution in [0.1, 0.15) is 0 Å². The molecular formula is C18H15NO. The highest BCUT2D eigenvalue weighted by Crippen LogP contribution is 2.37. The summed E-state index contributed by atoms with van der Waals surface area (Å²) in [6, 6.07) is 23.1. The van der Waals surface area contributed by atoms with E-state index in [1.807, 2.05) is 66.7 Å². The monoisotopic (exact) mass is 261 g/mol. The molecule has 0 saturated carbocycles. The van der Waals surface area contributed by atoms with Crippen molar-refractivity contribution in [1.82, 2.24) is 0 Å². The van der Waals surface area contributed by atoms with Gasteiger partial charge in [0.15, 0.2) is 0 Å². The molecule has 3 aromatic rings. The smallest absolute Gasteiger partial charge is 0.123 e. The number of para-hydroxylation sites is 1. The minimum absolute atomic E-state index is 0.273. The molecule has 2 heteroatoms. The lowest BCUT2D eigenvalue weighted by atomic mass is 9.93. The van der Waals surface area contributed by atoms with Gasteiger partial charge in [0, 0.05) is 11.3 Å². The van der Waals surface area contributed by atoms with Crippen LogP contribution in [0.2, 0.25) is 0 Å². The Balaban J connectivity index is 2.25. The molecule has 2 nitrogen and oxygen atoms in total. The van der Waals surface area contributed by atoms with E-state index < -0.39 is 0 Å². The predicted octanol–water partition coefficient (Wildman–Crippen LogP) is 4.31. The largest absolute Gasteiger partial charge is 0.507 e. The molecule has 0 unspecified atom stereocenters. The van der Waals surface area contributed by atoms with Crippen LogP contribution in [0.5, 0.6) is 5.75 Å². The molecule has 0 aliphatic carbocycles. The van der Waals surface area contributed by atoms with Gasteiger partial charge in [0.25, 0.3) is 0 Å². The van der Waals surface area contributed by atoms with E-state index in [1.165, 1.54) is 0 Å². The average molecular weight is 261 g/mol. The summed E-state index contributed by atoms with van der Waals surface area (Å²) in [5.41, 5.74) is 10.5. The lowest BCUT2D eigenvalue weighted by molar-refractivity contribution is 0.477. The normalized spacial score (nSPS) is 10.4. The predicted molar refractivity (Wildman–Crippen MR) is 83.4 cm³/mol. The van der Waals surface area contributed by atoms with Gasteiger partial charge in [0.1, 0.15) is 5.75 Å². The van der Waals surface area contributed by atoms with Crippen molar-refractivity contribution >= 4 is 5.69 Å². The van der Waals surface area contributed by atoms with E-state index in [1.54, 1.807) is 6.07 Å². The molecule has 20 heavy (non-hydrogen) atoms. The molecule has 0 heterocycles. The lowest BCUT2D eigenvalue weighted by Gasteiger charge is -2.12. The third-order valence-electron chi connectivity index (χ3n) is 3.32. The fourth-order valence-electron chi connectivity index (χ4n) is 2.35. The van der Waals surface area contributed by atoms with E-state index >= 15 is 0 Å². The molecule has 0 aromatic heterocycles. The van der Waals surface area contributed by atoms with Gasteiger partial charge in [-0.1, -0.05) is 54.6 Å². The maximum absolute atomic E-state index is 10.1. The first-order valence-electron chi connectivity index (χ1n) is 6.49. The summed E-state index contributed by atoms with van der Waals surface area (Å²) < 4.78 is 0. The van der Waals surface area contributed by atoms with Crippen LogP contribution in [0.4, 0.5) is 5.69 Å². The molecule has 3 aromatic carbocycles. The number of hydrogen-bond acceptors (Lipinski definition) is 2. The van der Waals surface area contributed by atoms with Crippen molar-refractivity contribution in [3.05, 3.63) is 72.8 Å². The van der Waals surface area contributed by atoms with Crippen molar-refractivity contribution in [3.63, 3.8) is 0 Å². The van der Waals surface area contributed by atoms with Crippen LogP contribution in [-0.2, 0) is 0 Å². The van der Waals surface area contributed by atoms with Crippen LogP contribution in [0.3, 0.4) is 0 Å². The van der Waals surface area contributed by atoms with Gasteiger partial charge < -0.3 is 10.8 Å². The molecule has 0 radical (unpaired) electrons. The number of aromatic hydroxyl groups is 1. The van der Waals surface area contributed by atoms with E-state index in [4.69, 9.17) is 5.73 Å². The van der Waals surface area contributed by atoms with E-state index in [0.29, 0.717) is 5.69 Å². The molecule has 0 saturated heterocycles. The second kappa shape index (κ2) is 5.10. The summed E-state index contributed by atoms with van der Waals surface area (Å²) in [5, 5.41) is 10.1. The summed E-state index contributed by atoms with van der Waals surface area (Å²) in [6.07, 6.45) is 0. The molecule has 0 fully saturated rings. The highest BCUT2D eigenvalue weighted by Gasteiger charge is 2.10. The lowest BCUT2D eigenvalue weighted by Crippen LogP contribution is -1.90. The van der Waals surface area contributed by atoms with Crippen LogP contribution in [-0.4, -0.2) is 5.11 Å². The second-order valence-electron chi connectivity index (χ2n) is 4.69. The Morgan fingerprint density at radius 3 is 2.10 bits per heavy atom. The Bertz CT molecular complexity index is 735. The second-order valence-corrected chi connectivity index (χ2v) is 4.69. The fourth-order valence-corrected chi connectivity index (χ4v) is 2.35. The first-order valence-corrected chi connectivity index (χ1v) is 6.49. The van der Waals surface area contributed by atoms with Gasteiger partial charge in [-0.2, -0.15) is 0 Å². The Morgan fingerprint density at radius 1 is 0.650 bits per heavy atom. The van der Waals surface area contributed by atoms with E-state index in [9.17, 15) is 5.11 Å². The fraction of sp³-hybridized carbons (Fsp3) is 0. The van der Waals surface area contributed by atoms with Crippen molar-refractivity contribution in [2.24, 2.45) is 0 Å². The quantitative estimate of drug-likeness (QED) is 0.675. The van der Waals surface area contributed by atoms with Gasteiger partial charge in [0.05, 0.1) is 0 Å². The SMILES string of the molecule is Nc1ccc(-c2ccccc2O)c(-c2ccccc2)c1. The maximum Gasteiger partial charge on any atom is 0.123 e. The number of nitrogens with two attached hydrogens (primary N) is 1. The molecule has 0 bridgehead atoms. The summed E-state index contributed by atoms with van der Waals surface area (Å²) in [5.74, 6) is 0.273. The summed E-state index contributed by atoms with van der Waals surface area (Å²) in [6.45, 7) is 0. The van der Waals surface area contributed by atoms with Gasteiger partial charge in [-0.05, 0) is 34.9 Å². The first kappa shape index (κ1) is 12.3. The van der Waals surface area contributed by atoms with Gasteiger partial charge in [-0.3, -0.25) is 0 Å². The van der Waals surface area contributed by atoms with Crippen LogP contribution in [0.25, 0.3) is 22.3 Å². The molecule has 3 rings (SSSR count). The molecule has 0 aliphatic heterocycles. The van der Waals surface area contributed by atoms with Gasteiger partial charge in [-0.25, -0.2) is 0 Å². The van der Waals surface area contributed by atoms with Crippen molar-refractivity contribution in [2.45, 2.75) is 0 Å². The summed E-state index contributed by atoms with van der Waals surface area (Å²) in [4.78, 5) is 0. The van der Waals surface area contributed by atoms with Crippen LogP contribution < -0.4 is 5.73 Å². The topological polar surface area (TPSA) is 46.2 Å². The summed E-state index contributed by atoms with van der Waals surface area (Å²) >= 11 is 0. The number of benzene rings is 3. The highest BCUT2D eigenvalue weighted by atomic mass is 16.3. The van der Waals surface area contributed by atoms with E-state index in [2.05, 4.69) is 0 Å². The number of anilines is 1. The Labute approximate surface area is 118 Å². The van der Waals surface area contributed by atoms with Gasteiger partial charge in [0.2, 0.25) is 0 Å². The Morgan fingerprint density at radius 2 is 1.35 bits per heavy atom. The van der Waals surface area contributed by atoms with Crippen LogP contribution in [0.15, 0.2) is 72.8 Å². The van der Waals surface area contributed by atoms with Crippen molar-refractivity contribution in [1.29, 1.82) is 0 Å². The molecule has 0 spiro atoms. The summed E-state index contributed by atoms with van der Waals surface area (Å²) in [7, 11) is 0. The van der Waals surface area contributed by atoms with Crippen molar-refractivity contribution in [3.8, 4) is 28.0 Å².